The van der Waals surface area contributed by atoms with Crippen LogP contribution in [0, 0.1) is 0 Å². The van der Waals surface area contributed by atoms with Gasteiger partial charge >= 0.3 is 6.61 Å². The number of halogens is 3. The Morgan fingerprint density at radius 1 is 1.22 bits per heavy atom. The summed E-state index contributed by atoms with van der Waals surface area (Å²) in [5, 5.41) is 2.79. The number of imidazole rings is 1. The van der Waals surface area contributed by atoms with E-state index in [9.17, 15) is 18.0 Å². The van der Waals surface area contributed by atoms with Crippen molar-refractivity contribution >= 4 is 11.6 Å². The number of likely N-dealkylation sites (tertiary alicyclic amines) is 1. The molecule has 1 amide bonds. The normalized spacial score (nSPS) is 18.1. The van der Waals surface area contributed by atoms with E-state index in [1.54, 1.807) is 35.0 Å². The molecule has 5 rings (SSSR count). The second-order valence-electron chi connectivity index (χ2n) is 8.95. The molecule has 1 atom stereocenters. The highest BCUT2D eigenvalue weighted by molar-refractivity contribution is 6.01. The van der Waals surface area contributed by atoms with Crippen molar-refractivity contribution in [2.24, 2.45) is 0 Å². The van der Waals surface area contributed by atoms with Crippen molar-refractivity contribution < 1.29 is 32.2 Å². The van der Waals surface area contributed by atoms with Gasteiger partial charge in [-0.2, -0.15) is 8.78 Å². The maximum Gasteiger partial charge on any atom is 0.387 e. The van der Waals surface area contributed by atoms with Gasteiger partial charge in [0.2, 0.25) is 0 Å². The molecule has 192 valence electrons. The van der Waals surface area contributed by atoms with E-state index in [2.05, 4.69) is 10.3 Å². The Bertz CT molecular complexity index is 1250. The third-order valence-corrected chi connectivity index (χ3v) is 6.31. The SMILES string of the molecule is COc1cc(-c2cnc3cc(OCCN4CC[C@H](F)C4)ccn23)cc(OC(F)F)c1C(=O)NC1CC1. The van der Waals surface area contributed by atoms with Crippen LogP contribution in [0.1, 0.15) is 29.6 Å². The first kappa shape index (κ1) is 24.2. The van der Waals surface area contributed by atoms with Crippen molar-refractivity contribution in [2.45, 2.75) is 38.1 Å². The Hall–Kier alpha value is -3.47. The number of aromatic nitrogens is 2. The number of fused-ring (bicyclic) bond motifs is 1. The Morgan fingerprint density at radius 2 is 2.03 bits per heavy atom. The Labute approximate surface area is 206 Å². The zero-order valence-electron chi connectivity index (χ0n) is 19.8. The van der Waals surface area contributed by atoms with Crippen molar-refractivity contribution in [3.05, 3.63) is 42.2 Å². The van der Waals surface area contributed by atoms with Crippen LogP contribution in [-0.4, -0.2) is 72.4 Å². The monoisotopic (exact) mass is 504 g/mol. The number of ether oxygens (including phenoxy) is 3. The van der Waals surface area contributed by atoms with E-state index in [0.29, 0.717) is 48.8 Å². The largest absolute Gasteiger partial charge is 0.496 e. The number of rotatable bonds is 10. The predicted molar refractivity (Wildman–Crippen MR) is 126 cm³/mol. The molecule has 36 heavy (non-hydrogen) atoms. The second kappa shape index (κ2) is 10.3. The number of nitrogens with zero attached hydrogens (tertiary/aromatic N) is 3. The van der Waals surface area contributed by atoms with Gasteiger partial charge in [0, 0.05) is 43.5 Å². The quantitative estimate of drug-likeness (QED) is 0.451. The lowest BCUT2D eigenvalue weighted by Gasteiger charge is -2.16. The smallest absolute Gasteiger partial charge is 0.387 e. The number of methoxy groups -OCH3 is 1. The molecule has 1 N–H and O–H groups in total. The van der Waals surface area contributed by atoms with Gasteiger partial charge in [0.05, 0.1) is 19.0 Å². The molecule has 0 unspecified atom stereocenters. The van der Waals surface area contributed by atoms with Gasteiger partial charge in [-0.15, -0.1) is 0 Å². The van der Waals surface area contributed by atoms with Crippen molar-refractivity contribution in [1.29, 1.82) is 0 Å². The van der Waals surface area contributed by atoms with Crippen molar-refractivity contribution in [2.75, 3.05) is 33.4 Å². The number of hydrogen-bond donors (Lipinski definition) is 1. The van der Waals surface area contributed by atoms with Gasteiger partial charge in [0.15, 0.2) is 0 Å². The van der Waals surface area contributed by atoms with Crippen LogP contribution < -0.4 is 19.5 Å². The molecule has 1 aliphatic heterocycles. The van der Waals surface area contributed by atoms with E-state index in [1.807, 2.05) is 4.90 Å². The number of pyridine rings is 1. The molecule has 3 aromatic rings. The summed E-state index contributed by atoms with van der Waals surface area (Å²) in [6, 6.07) is 6.55. The molecular weight excluding hydrogens is 477 g/mol. The van der Waals surface area contributed by atoms with Crippen LogP contribution in [0.25, 0.3) is 16.9 Å². The molecule has 1 aliphatic carbocycles. The highest BCUT2D eigenvalue weighted by Crippen LogP contribution is 2.37. The molecule has 1 saturated carbocycles. The number of alkyl halides is 3. The van der Waals surface area contributed by atoms with Gasteiger partial charge in [-0.05, 0) is 37.5 Å². The summed E-state index contributed by atoms with van der Waals surface area (Å²) in [6.45, 7) is -0.885. The lowest BCUT2D eigenvalue weighted by molar-refractivity contribution is -0.0502. The first-order chi connectivity index (χ1) is 17.4. The molecule has 1 aromatic carbocycles. The minimum absolute atomic E-state index is 0.0347. The predicted octanol–water partition coefficient (Wildman–Crippen LogP) is 3.93. The van der Waals surface area contributed by atoms with Crippen LogP contribution in [0.4, 0.5) is 13.2 Å². The van der Waals surface area contributed by atoms with Crippen LogP contribution in [-0.2, 0) is 0 Å². The molecule has 11 heteroatoms. The van der Waals surface area contributed by atoms with Gasteiger partial charge in [0.25, 0.3) is 5.91 Å². The number of benzene rings is 1. The van der Waals surface area contributed by atoms with E-state index in [-0.39, 0.29) is 23.1 Å². The highest BCUT2D eigenvalue weighted by Gasteiger charge is 2.29. The minimum atomic E-state index is -3.12. The van der Waals surface area contributed by atoms with E-state index in [1.165, 1.54) is 13.2 Å². The number of carbonyl (C=O) groups is 1. The Balaban J connectivity index is 1.39. The van der Waals surface area contributed by atoms with Crippen LogP contribution in [0.3, 0.4) is 0 Å². The molecule has 2 fully saturated rings. The molecule has 3 heterocycles. The van der Waals surface area contributed by atoms with E-state index in [4.69, 9.17) is 14.2 Å². The Morgan fingerprint density at radius 3 is 2.72 bits per heavy atom. The molecule has 1 saturated heterocycles. The molecule has 2 aliphatic rings. The summed E-state index contributed by atoms with van der Waals surface area (Å²) < 4.78 is 57.5. The molecule has 8 nitrogen and oxygen atoms in total. The van der Waals surface area contributed by atoms with Crippen LogP contribution in [0.5, 0.6) is 17.2 Å². The van der Waals surface area contributed by atoms with Gasteiger partial charge < -0.3 is 19.5 Å². The average Bonchev–Trinajstić information content (AvgIpc) is 3.40. The van der Waals surface area contributed by atoms with Crippen molar-refractivity contribution in [1.82, 2.24) is 19.6 Å². The number of amides is 1. The fourth-order valence-electron chi connectivity index (χ4n) is 4.34. The number of carbonyl (C=O) groups excluding carboxylic acids is 1. The van der Waals surface area contributed by atoms with E-state index >= 15 is 0 Å². The minimum Gasteiger partial charge on any atom is -0.496 e. The second-order valence-corrected chi connectivity index (χ2v) is 8.95. The zero-order valence-corrected chi connectivity index (χ0v) is 19.8. The first-order valence-corrected chi connectivity index (χ1v) is 11.9. The van der Waals surface area contributed by atoms with Gasteiger partial charge in [-0.1, -0.05) is 0 Å². The summed E-state index contributed by atoms with van der Waals surface area (Å²) in [5.74, 6) is -0.0621. The van der Waals surface area contributed by atoms with Crippen LogP contribution in [0.2, 0.25) is 0 Å². The summed E-state index contributed by atoms with van der Waals surface area (Å²) >= 11 is 0. The first-order valence-electron chi connectivity index (χ1n) is 11.9. The maximum absolute atomic E-state index is 13.3. The van der Waals surface area contributed by atoms with Gasteiger partial charge in [0.1, 0.15) is 41.2 Å². The van der Waals surface area contributed by atoms with Gasteiger partial charge in [-0.3, -0.25) is 14.1 Å². The standard InChI is InChI=1S/C25H27F3N4O4/c1-34-20-10-15(11-21(36-25(27)28)23(20)24(33)30-17-2-3-17)19-13-29-22-12-18(5-7-32(19)22)35-9-8-31-6-4-16(26)14-31/h5,7,10-13,16-17,25H,2-4,6,8-9,14H2,1H3,(H,30,33)/t16-/m0/s1. The van der Waals surface area contributed by atoms with E-state index < -0.39 is 18.7 Å². The molecular formula is C25H27F3N4O4. The summed E-state index contributed by atoms with van der Waals surface area (Å²) in [6.07, 6.45) is 4.84. The maximum atomic E-state index is 13.3. The third-order valence-electron chi connectivity index (χ3n) is 6.31. The summed E-state index contributed by atoms with van der Waals surface area (Å²) in [4.78, 5) is 19.2. The zero-order chi connectivity index (χ0) is 25.2. The molecule has 0 radical (unpaired) electrons. The number of hydrogen-bond acceptors (Lipinski definition) is 6. The van der Waals surface area contributed by atoms with Crippen LogP contribution in [0.15, 0.2) is 36.7 Å². The number of nitrogens with one attached hydrogen (secondary N) is 1. The molecule has 0 spiro atoms. The fraction of sp³-hybridized carbons (Fsp3) is 0.440. The fourth-order valence-corrected chi connectivity index (χ4v) is 4.34. The summed E-state index contributed by atoms with van der Waals surface area (Å²) in [7, 11) is 1.37. The lowest BCUT2D eigenvalue weighted by Crippen LogP contribution is -2.26. The van der Waals surface area contributed by atoms with Crippen LogP contribution >= 0.6 is 0 Å². The average molecular weight is 505 g/mol. The Kier molecular flexibility index (Phi) is 6.90. The molecule has 0 bridgehead atoms. The van der Waals surface area contributed by atoms with Gasteiger partial charge in [-0.25, -0.2) is 9.37 Å². The lowest BCUT2D eigenvalue weighted by atomic mass is 10.1. The van der Waals surface area contributed by atoms with E-state index in [0.717, 1.165) is 19.4 Å². The highest BCUT2D eigenvalue weighted by atomic mass is 19.3. The third kappa shape index (κ3) is 5.35. The molecule has 2 aromatic heterocycles. The topological polar surface area (TPSA) is 77.3 Å². The summed E-state index contributed by atoms with van der Waals surface area (Å²) in [5.41, 5.74) is 1.59. The van der Waals surface area contributed by atoms with Crippen molar-refractivity contribution in [3.63, 3.8) is 0 Å². The van der Waals surface area contributed by atoms with Crippen molar-refractivity contribution in [3.8, 4) is 28.5 Å².